The average molecular weight is 284 g/mol. The quantitative estimate of drug-likeness (QED) is 0.847. The van der Waals surface area contributed by atoms with E-state index in [1.807, 2.05) is 24.3 Å². The van der Waals surface area contributed by atoms with Crippen LogP contribution in [0.4, 0.5) is 5.69 Å². The molecule has 21 heavy (non-hydrogen) atoms. The van der Waals surface area contributed by atoms with E-state index in [0.29, 0.717) is 13.2 Å². The van der Waals surface area contributed by atoms with E-state index in [1.165, 1.54) is 11.3 Å². The number of hydrogen-bond donors (Lipinski definition) is 1. The fraction of sp³-hybridized carbons (Fsp3) is 0.333. The summed E-state index contributed by atoms with van der Waals surface area (Å²) in [6.07, 6.45) is 0. The second-order valence-corrected chi connectivity index (χ2v) is 5.12. The summed E-state index contributed by atoms with van der Waals surface area (Å²) in [6.45, 7) is 7.36. The second kappa shape index (κ2) is 7.70. The molecular formula is C18H24N2O. The van der Waals surface area contributed by atoms with Crippen LogP contribution in [0.1, 0.15) is 18.1 Å². The fourth-order valence-electron chi connectivity index (χ4n) is 2.29. The Labute approximate surface area is 127 Å². The van der Waals surface area contributed by atoms with Crippen molar-refractivity contribution in [2.24, 2.45) is 5.73 Å². The van der Waals surface area contributed by atoms with Gasteiger partial charge in [0.25, 0.3) is 0 Å². The average Bonchev–Trinajstić information content (AvgIpc) is 2.52. The van der Waals surface area contributed by atoms with E-state index in [9.17, 15) is 0 Å². The van der Waals surface area contributed by atoms with E-state index in [0.717, 1.165) is 24.4 Å². The lowest BCUT2D eigenvalue weighted by atomic mass is 10.2. The largest absolute Gasteiger partial charge is 0.492 e. The molecule has 0 aliphatic carbocycles. The Morgan fingerprint density at radius 1 is 1.10 bits per heavy atom. The summed E-state index contributed by atoms with van der Waals surface area (Å²) in [5.74, 6) is 0.896. The zero-order valence-corrected chi connectivity index (χ0v) is 12.9. The number of ether oxygens (including phenoxy) is 1. The van der Waals surface area contributed by atoms with Crippen molar-refractivity contribution in [2.75, 3.05) is 24.6 Å². The first-order chi connectivity index (χ1) is 10.2. The van der Waals surface area contributed by atoms with Gasteiger partial charge in [-0.15, -0.1) is 0 Å². The Bertz CT molecular complexity index is 551. The number of likely N-dealkylation sites (N-methyl/N-ethyl adjacent to an activating group) is 1. The van der Waals surface area contributed by atoms with Crippen molar-refractivity contribution in [3.8, 4) is 5.75 Å². The maximum absolute atomic E-state index is 5.81. The Hall–Kier alpha value is -2.00. The van der Waals surface area contributed by atoms with Crippen molar-refractivity contribution in [3.63, 3.8) is 0 Å². The zero-order chi connectivity index (χ0) is 15.1. The molecule has 0 saturated carbocycles. The molecule has 0 saturated heterocycles. The van der Waals surface area contributed by atoms with Crippen LogP contribution < -0.4 is 15.4 Å². The highest BCUT2D eigenvalue weighted by Gasteiger charge is 2.04. The SMILES string of the molecule is CCN(CCOc1ccc(CN)cc1)c1cccc(C)c1. The van der Waals surface area contributed by atoms with Gasteiger partial charge in [0.2, 0.25) is 0 Å². The Morgan fingerprint density at radius 3 is 2.48 bits per heavy atom. The summed E-state index contributed by atoms with van der Waals surface area (Å²) < 4.78 is 5.81. The lowest BCUT2D eigenvalue weighted by Crippen LogP contribution is -2.28. The maximum atomic E-state index is 5.81. The van der Waals surface area contributed by atoms with Crippen molar-refractivity contribution in [2.45, 2.75) is 20.4 Å². The smallest absolute Gasteiger partial charge is 0.119 e. The van der Waals surface area contributed by atoms with E-state index in [1.54, 1.807) is 0 Å². The third-order valence-electron chi connectivity index (χ3n) is 3.54. The third-order valence-corrected chi connectivity index (χ3v) is 3.54. The van der Waals surface area contributed by atoms with Gasteiger partial charge in [-0.25, -0.2) is 0 Å². The molecule has 2 aromatic rings. The van der Waals surface area contributed by atoms with Gasteiger partial charge in [-0.1, -0.05) is 24.3 Å². The molecule has 112 valence electrons. The molecule has 3 heteroatoms. The predicted octanol–water partition coefficient (Wildman–Crippen LogP) is 3.36. The summed E-state index contributed by atoms with van der Waals surface area (Å²) in [6, 6.07) is 16.5. The van der Waals surface area contributed by atoms with E-state index < -0.39 is 0 Å². The Balaban J connectivity index is 1.88. The molecule has 0 heterocycles. The molecule has 0 amide bonds. The molecule has 3 nitrogen and oxygen atoms in total. The van der Waals surface area contributed by atoms with Crippen molar-refractivity contribution in [3.05, 3.63) is 59.7 Å². The number of nitrogens with two attached hydrogens (primary N) is 1. The molecule has 0 atom stereocenters. The first kappa shape index (κ1) is 15.4. The van der Waals surface area contributed by atoms with Gasteiger partial charge in [0.1, 0.15) is 12.4 Å². The molecule has 0 radical (unpaired) electrons. The molecule has 0 aliphatic heterocycles. The molecule has 0 bridgehead atoms. The van der Waals surface area contributed by atoms with Gasteiger partial charge >= 0.3 is 0 Å². The summed E-state index contributed by atoms with van der Waals surface area (Å²) >= 11 is 0. The van der Waals surface area contributed by atoms with Crippen molar-refractivity contribution < 1.29 is 4.74 Å². The zero-order valence-electron chi connectivity index (χ0n) is 12.9. The first-order valence-corrected chi connectivity index (χ1v) is 7.46. The monoisotopic (exact) mass is 284 g/mol. The van der Waals surface area contributed by atoms with Gasteiger partial charge in [0.05, 0.1) is 6.54 Å². The maximum Gasteiger partial charge on any atom is 0.119 e. The number of rotatable bonds is 7. The summed E-state index contributed by atoms with van der Waals surface area (Å²) in [7, 11) is 0. The molecule has 0 spiro atoms. The second-order valence-electron chi connectivity index (χ2n) is 5.12. The summed E-state index contributed by atoms with van der Waals surface area (Å²) in [5, 5.41) is 0. The van der Waals surface area contributed by atoms with Crippen molar-refractivity contribution >= 4 is 5.69 Å². The molecular weight excluding hydrogens is 260 g/mol. The topological polar surface area (TPSA) is 38.5 Å². The van der Waals surface area contributed by atoms with Crippen LogP contribution in [0.15, 0.2) is 48.5 Å². The molecule has 2 rings (SSSR count). The van der Waals surface area contributed by atoms with Crippen LogP contribution in [-0.2, 0) is 6.54 Å². The summed E-state index contributed by atoms with van der Waals surface area (Å²) in [4.78, 5) is 2.32. The Kier molecular flexibility index (Phi) is 5.64. The molecule has 2 aromatic carbocycles. The van der Waals surface area contributed by atoms with E-state index >= 15 is 0 Å². The Morgan fingerprint density at radius 2 is 1.86 bits per heavy atom. The van der Waals surface area contributed by atoms with Crippen LogP contribution in [0.5, 0.6) is 5.75 Å². The minimum absolute atomic E-state index is 0.567. The van der Waals surface area contributed by atoms with E-state index in [-0.39, 0.29) is 0 Å². The number of benzene rings is 2. The van der Waals surface area contributed by atoms with Crippen LogP contribution in [0.2, 0.25) is 0 Å². The minimum atomic E-state index is 0.567. The van der Waals surface area contributed by atoms with Gasteiger partial charge in [-0.2, -0.15) is 0 Å². The van der Waals surface area contributed by atoms with E-state index in [4.69, 9.17) is 10.5 Å². The fourth-order valence-corrected chi connectivity index (χ4v) is 2.29. The van der Waals surface area contributed by atoms with Gasteiger partial charge in [-0.05, 0) is 49.2 Å². The van der Waals surface area contributed by atoms with Gasteiger partial charge in [0, 0.05) is 18.8 Å². The van der Waals surface area contributed by atoms with Gasteiger partial charge in [0.15, 0.2) is 0 Å². The van der Waals surface area contributed by atoms with Crippen LogP contribution in [0.25, 0.3) is 0 Å². The molecule has 0 aromatic heterocycles. The number of anilines is 1. The third kappa shape index (κ3) is 4.50. The van der Waals surface area contributed by atoms with E-state index in [2.05, 4.69) is 43.0 Å². The number of nitrogens with zero attached hydrogens (tertiary/aromatic N) is 1. The van der Waals surface area contributed by atoms with Crippen molar-refractivity contribution in [1.29, 1.82) is 0 Å². The van der Waals surface area contributed by atoms with Crippen LogP contribution >= 0.6 is 0 Å². The minimum Gasteiger partial charge on any atom is -0.492 e. The predicted molar refractivity (Wildman–Crippen MR) is 88.9 cm³/mol. The highest BCUT2D eigenvalue weighted by Crippen LogP contribution is 2.16. The standard InChI is InChI=1S/C18H24N2O/c1-3-20(17-6-4-5-15(2)13-17)11-12-21-18-9-7-16(14-19)8-10-18/h4-10,13H,3,11-12,14,19H2,1-2H3. The van der Waals surface area contributed by atoms with Crippen LogP contribution in [-0.4, -0.2) is 19.7 Å². The lowest BCUT2D eigenvalue weighted by Gasteiger charge is -2.23. The highest BCUT2D eigenvalue weighted by atomic mass is 16.5. The normalized spacial score (nSPS) is 10.4. The van der Waals surface area contributed by atoms with Gasteiger partial charge in [-0.3, -0.25) is 0 Å². The molecule has 0 unspecified atom stereocenters. The number of hydrogen-bond acceptors (Lipinski definition) is 3. The van der Waals surface area contributed by atoms with Crippen LogP contribution in [0.3, 0.4) is 0 Å². The molecule has 2 N–H and O–H groups in total. The van der Waals surface area contributed by atoms with Crippen molar-refractivity contribution in [1.82, 2.24) is 0 Å². The number of aryl methyl sites for hydroxylation is 1. The molecule has 0 aliphatic rings. The highest BCUT2D eigenvalue weighted by molar-refractivity contribution is 5.48. The van der Waals surface area contributed by atoms with Crippen LogP contribution in [0, 0.1) is 6.92 Å². The summed E-state index contributed by atoms with van der Waals surface area (Å²) in [5.41, 5.74) is 9.24. The first-order valence-electron chi connectivity index (χ1n) is 7.46. The van der Waals surface area contributed by atoms with Gasteiger partial charge < -0.3 is 15.4 Å². The lowest BCUT2D eigenvalue weighted by molar-refractivity contribution is 0.324. The molecule has 0 fully saturated rings.